The van der Waals surface area contributed by atoms with Crippen LogP contribution in [0, 0.1) is 11.3 Å². The Hall–Kier alpha value is -1.47. The third kappa shape index (κ3) is 2.51. The first kappa shape index (κ1) is 10.6. The van der Waals surface area contributed by atoms with Crippen LogP contribution in [-0.2, 0) is 0 Å². The summed E-state index contributed by atoms with van der Waals surface area (Å²) < 4.78 is 0. The molecule has 0 unspecified atom stereocenters. The zero-order valence-corrected chi connectivity index (χ0v) is 8.62. The monoisotopic (exact) mass is 210 g/mol. The van der Waals surface area contributed by atoms with E-state index in [9.17, 15) is 0 Å². The van der Waals surface area contributed by atoms with Gasteiger partial charge in [-0.15, -0.1) is 0 Å². The van der Waals surface area contributed by atoms with E-state index in [2.05, 4.69) is 11.1 Å². The quantitative estimate of drug-likeness (QED) is 0.824. The van der Waals surface area contributed by atoms with Crippen LogP contribution in [-0.4, -0.2) is 18.6 Å². The molecule has 0 aliphatic heterocycles. The number of nitrogens with zero attached hydrogens (tertiary/aromatic N) is 3. The summed E-state index contributed by atoms with van der Waals surface area (Å²) in [5, 5.41) is 8.94. The topological polar surface area (TPSA) is 65.9 Å². The van der Waals surface area contributed by atoms with Gasteiger partial charge in [-0.3, -0.25) is 0 Å². The van der Waals surface area contributed by atoms with Crippen LogP contribution in [0.4, 0.5) is 11.5 Å². The molecule has 1 aromatic heterocycles. The summed E-state index contributed by atoms with van der Waals surface area (Å²) in [6.07, 6.45) is 1.98. The van der Waals surface area contributed by atoms with E-state index >= 15 is 0 Å². The predicted molar refractivity (Wildman–Crippen MR) is 57.2 cm³/mol. The van der Waals surface area contributed by atoms with Crippen molar-refractivity contribution >= 4 is 23.1 Å². The number of nitriles is 1. The van der Waals surface area contributed by atoms with Crippen LogP contribution in [0.25, 0.3) is 0 Å². The van der Waals surface area contributed by atoms with Crippen molar-refractivity contribution in [2.24, 2.45) is 0 Å². The fourth-order valence-electron chi connectivity index (χ4n) is 1.09. The van der Waals surface area contributed by atoms with Gasteiger partial charge in [0.05, 0.1) is 23.2 Å². The Bertz CT molecular complexity index is 358. The lowest BCUT2D eigenvalue weighted by Crippen LogP contribution is -2.20. The summed E-state index contributed by atoms with van der Waals surface area (Å²) >= 11 is 5.71. The van der Waals surface area contributed by atoms with Crippen molar-refractivity contribution < 1.29 is 0 Å². The van der Waals surface area contributed by atoms with Crippen molar-refractivity contribution in [3.63, 3.8) is 0 Å². The van der Waals surface area contributed by atoms with Gasteiger partial charge < -0.3 is 10.6 Å². The molecule has 0 atom stereocenters. The maximum Gasteiger partial charge on any atom is 0.151 e. The van der Waals surface area contributed by atoms with Crippen LogP contribution in [0.5, 0.6) is 0 Å². The molecule has 1 heterocycles. The Labute approximate surface area is 87.9 Å². The third-order valence-electron chi connectivity index (χ3n) is 1.78. The van der Waals surface area contributed by atoms with Crippen LogP contribution in [0.15, 0.2) is 12.3 Å². The van der Waals surface area contributed by atoms with Gasteiger partial charge >= 0.3 is 0 Å². The van der Waals surface area contributed by atoms with Gasteiger partial charge in [-0.1, -0.05) is 11.6 Å². The Morgan fingerprint density at radius 2 is 2.43 bits per heavy atom. The molecular weight excluding hydrogens is 200 g/mol. The third-order valence-corrected chi connectivity index (χ3v) is 1.99. The highest BCUT2D eigenvalue weighted by Crippen LogP contribution is 2.22. The minimum Gasteiger partial charge on any atom is -0.396 e. The van der Waals surface area contributed by atoms with Gasteiger partial charge in [0, 0.05) is 19.8 Å². The molecule has 0 saturated carbocycles. The van der Waals surface area contributed by atoms with E-state index in [0.717, 1.165) is 0 Å². The van der Waals surface area contributed by atoms with Gasteiger partial charge in [0.2, 0.25) is 0 Å². The molecule has 0 spiro atoms. The standard InChI is InChI=1S/C9H11ClN4/c1-14(4-2-3-11)9-8(12)5-7(10)6-13-9/h5-6H,2,4,12H2,1H3. The highest BCUT2D eigenvalue weighted by Gasteiger charge is 2.06. The molecule has 0 aliphatic carbocycles. The summed E-state index contributed by atoms with van der Waals surface area (Å²) in [5.41, 5.74) is 6.25. The number of pyridine rings is 1. The van der Waals surface area contributed by atoms with Crippen molar-refractivity contribution in [3.8, 4) is 6.07 Å². The smallest absolute Gasteiger partial charge is 0.151 e. The van der Waals surface area contributed by atoms with Crippen LogP contribution in [0.1, 0.15) is 6.42 Å². The minimum atomic E-state index is 0.445. The average Bonchev–Trinajstić information content (AvgIpc) is 2.14. The van der Waals surface area contributed by atoms with Crippen LogP contribution in [0.3, 0.4) is 0 Å². The molecule has 74 valence electrons. The SMILES string of the molecule is CN(CCC#N)c1ncc(Cl)cc1N. The van der Waals surface area contributed by atoms with Crippen molar-refractivity contribution in [2.45, 2.75) is 6.42 Å². The fraction of sp³-hybridized carbons (Fsp3) is 0.333. The average molecular weight is 211 g/mol. The van der Waals surface area contributed by atoms with E-state index in [1.807, 2.05) is 11.9 Å². The van der Waals surface area contributed by atoms with E-state index < -0.39 is 0 Å². The summed E-state index contributed by atoms with van der Waals surface area (Å²) in [6, 6.07) is 3.71. The normalized spacial score (nSPS) is 9.50. The minimum absolute atomic E-state index is 0.445. The zero-order valence-electron chi connectivity index (χ0n) is 7.87. The second-order valence-corrected chi connectivity index (χ2v) is 3.33. The van der Waals surface area contributed by atoms with Crippen molar-refractivity contribution in [1.82, 2.24) is 4.98 Å². The van der Waals surface area contributed by atoms with E-state index in [4.69, 9.17) is 22.6 Å². The maximum absolute atomic E-state index is 8.43. The van der Waals surface area contributed by atoms with E-state index in [1.165, 1.54) is 6.20 Å². The number of nitrogen functional groups attached to an aromatic ring is 1. The highest BCUT2D eigenvalue weighted by molar-refractivity contribution is 6.30. The highest BCUT2D eigenvalue weighted by atomic mass is 35.5. The molecule has 0 fully saturated rings. The molecular formula is C9H11ClN4. The first-order chi connectivity index (χ1) is 6.65. The number of aromatic nitrogens is 1. The largest absolute Gasteiger partial charge is 0.396 e. The lowest BCUT2D eigenvalue weighted by Gasteiger charge is -2.18. The molecule has 14 heavy (non-hydrogen) atoms. The number of hydrogen-bond donors (Lipinski definition) is 1. The number of anilines is 2. The van der Waals surface area contributed by atoms with Crippen molar-refractivity contribution in [1.29, 1.82) is 5.26 Å². The molecule has 4 nitrogen and oxygen atoms in total. The van der Waals surface area contributed by atoms with Gasteiger partial charge in [0.1, 0.15) is 0 Å². The van der Waals surface area contributed by atoms with Gasteiger partial charge in [-0.25, -0.2) is 4.98 Å². The molecule has 0 bridgehead atoms. The lowest BCUT2D eigenvalue weighted by atomic mass is 10.3. The summed E-state index contributed by atoms with van der Waals surface area (Å²) in [6.45, 7) is 0.606. The lowest BCUT2D eigenvalue weighted by molar-refractivity contribution is 0.887. The summed E-state index contributed by atoms with van der Waals surface area (Å²) in [5.74, 6) is 0.657. The first-order valence-electron chi connectivity index (χ1n) is 4.14. The molecule has 0 amide bonds. The van der Waals surface area contributed by atoms with Gasteiger partial charge in [0.15, 0.2) is 5.82 Å². The fourth-order valence-corrected chi connectivity index (χ4v) is 1.26. The van der Waals surface area contributed by atoms with Crippen LogP contribution in [0.2, 0.25) is 5.02 Å². The number of rotatable bonds is 3. The van der Waals surface area contributed by atoms with E-state index in [0.29, 0.717) is 29.5 Å². The molecule has 2 N–H and O–H groups in total. The second-order valence-electron chi connectivity index (χ2n) is 2.90. The van der Waals surface area contributed by atoms with E-state index in [-0.39, 0.29) is 0 Å². The van der Waals surface area contributed by atoms with Gasteiger partial charge in [-0.05, 0) is 6.07 Å². The van der Waals surface area contributed by atoms with Crippen LogP contribution < -0.4 is 10.6 Å². The Balaban J connectivity index is 2.80. The summed E-state index contributed by atoms with van der Waals surface area (Å²) in [7, 11) is 1.84. The molecule has 5 heteroatoms. The Kier molecular flexibility index (Phi) is 3.55. The second kappa shape index (κ2) is 4.68. The number of nitrogens with two attached hydrogens (primary N) is 1. The van der Waals surface area contributed by atoms with Crippen LogP contribution >= 0.6 is 11.6 Å². The molecule has 1 aromatic rings. The van der Waals surface area contributed by atoms with Crippen molar-refractivity contribution in [3.05, 3.63) is 17.3 Å². The molecule has 1 rings (SSSR count). The van der Waals surface area contributed by atoms with Gasteiger partial charge in [0.25, 0.3) is 0 Å². The zero-order chi connectivity index (χ0) is 10.6. The molecule has 0 saturated heterocycles. The number of halogens is 1. The Morgan fingerprint density at radius 1 is 1.71 bits per heavy atom. The maximum atomic E-state index is 8.43. The number of hydrogen-bond acceptors (Lipinski definition) is 4. The Morgan fingerprint density at radius 3 is 3.00 bits per heavy atom. The predicted octanol–water partition coefficient (Wildman–Crippen LogP) is 1.67. The van der Waals surface area contributed by atoms with Gasteiger partial charge in [-0.2, -0.15) is 5.26 Å². The molecule has 0 aromatic carbocycles. The summed E-state index contributed by atoms with van der Waals surface area (Å²) in [4.78, 5) is 5.92. The van der Waals surface area contributed by atoms with Crippen molar-refractivity contribution in [2.75, 3.05) is 24.2 Å². The van der Waals surface area contributed by atoms with E-state index in [1.54, 1.807) is 6.07 Å². The molecule has 0 radical (unpaired) electrons. The first-order valence-corrected chi connectivity index (χ1v) is 4.52. The molecule has 0 aliphatic rings.